The molecule has 2 rings (SSSR count). The molecule has 1 amide bonds. The van der Waals surface area contributed by atoms with Crippen LogP contribution in [-0.2, 0) is 0 Å². The minimum Gasteiger partial charge on any atom is -0.345 e. The van der Waals surface area contributed by atoms with Crippen molar-refractivity contribution >= 4 is 59.2 Å². The molecule has 0 saturated heterocycles. The minimum atomic E-state index is -0.278. The largest absolute Gasteiger partial charge is 0.345 e. The SMILES string of the molecule is CC(CBr)(CBr)NC(=O)c1csc2ccccc12. The van der Waals surface area contributed by atoms with Crippen LogP contribution in [-0.4, -0.2) is 22.1 Å². The lowest BCUT2D eigenvalue weighted by Gasteiger charge is -2.26. The highest BCUT2D eigenvalue weighted by atomic mass is 79.9. The summed E-state index contributed by atoms with van der Waals surface area (Å²) in [6, 6.07) is 7.97. The molecule has 96 valence electrons. The van der Waals surface area contributed by atoms with Crippen molar-refractivity contribution < 1.29 is 4.79 Å². The summed E-state index contributed by atoms with van der Waals surface area (Å²) in [7, 11) is 0. The van der Waals surface area contributed by atoms with Gasteiger partial charge >= 0.3 is 0 Å². The smallest absolute Gasteiger partial charge is 0.253 e. The third-order valence-corrected chi connectivity index (χ3v) is 6.17. The third kappa shape index (κ3) is 2.78. The minimum absolute atomic E-state index is 0.0196. The predicted molar refractivity (Wildman–Crippen MR) is 85.3 cm³/mol. The maximum atomic E-state index is 12.3. The summed E-state index contributed by atoms with van der Waals surface area (Å²) >= 11 is 8.46. The van der Waals surface area contributed by atoms with Gasteiger partial charge in [0.05, 0.1) is 11.1 Å². The van der Waals surface area contributed by atoms with E-state index in [9.17, 15) is 4.79 Å². The molecule has 1 heterocycles. The molecule has 18 heavy (non-hydrogen) atoms. The van der Waals surface area contributed by atoms with E-state index in [0.717, 1.165) is 15.6 Å². The molecule has 0 bridgehead atoms. The Bertz CT molecular complexity index is 563. The molecule has 0 unspecified atom stereocenters. The molecule has 2 aromatic rings. The van der Waals surface area contributed by atoms with Crippen LogP contribution in [0.5, 0.6) is 0 Å². The first-order chi connectivity index (χ1) is 8.59. The molecule has 0 atom stereocenters. The van der Waals surface area contributed by atoms with Crippen LogP contribution in [0.25, 0.3) is 10.1 Å². The fourth-order valence-electron chi connectivity index (χ4n) is 1.60. The van der Waals surface area contributed by atoms with E-state index in [1.165, 1.54) is 0 Å². The summed E-state index contributed by atoms with van der Waals surface area (Å²) in [6.07, 6.45) is 0. The van der Waals surface area contributed by atoms with Crippen molar-refractivity contribution in [3.8, 4) is 0 Å². The zero-order valence-corrected chi connectivity index (χ0v) is 13.9. The van der Waals surface area contributed by atoms with E-state index in [1.807, 2.05) is 36.6 Å². The second-order valence-electron chi connectivity index (χ2n) is 4.43. The van der Waals surface area contributed by atoms with Crippen molar-refractivity contribution in [1.29, 1.82) is 0 Å². The molecule has 1 aromatic carbocycles. The van der Waals surface area contributed by atoms with Crippen LogP contribution < -0.4 is 5.32 Å². The lowest BCUT2D eigenvalue weighted by Crippen LogP contribution is -2.48. The van der Waals surface area contributed by atoms with Crippen LogP contribution in [0.3, 0.4) is 0 Å². The topological polar surface area (TPSA) is 29.1 Å². The second-order valence-corrected chi connectivity index (χ2v) is 6.46. The molecule has 0 aliphatic carbocycles. The normalized spacial score (nSPS) is 11.7. The van der Waals surface area contributed by atoms with E-state index in [-0.39, 0.29) is 11.4 Å². The van der Waals surface area contributed by atoms with Gasteiger partial charge < -0.3 is 5.32 Å². The number of nitrogens with one attached hydrogen (secondary N) is 1. The highest BCUT2D eigenvalue weighted by Gasteiger charge is 2.25. The second kappa shape index (κ2) is 5.72. The molecule has 2 nitrogen and oxygen atoms in total. The summed E-state index contributed by atoms with van der Waals surface area (Å²) in [5.41, 5.74) is 0.476. The van der Waals surface area contributed by atoms with E-state index in [0.29, 0.717) is 10.7 Å². The first kappa shape index (κ1) is 14.0. The average molecular weight is 391 g/mol. The summed E-state index contributed by atoms with van der Waals surface area (Å²) in [6.45, 7) is 2.00. The van der Waals surface area contributed by atoms with Crippen LogP contribution in [0.1, 0.15) is 17.3 Å². The Kier molecular flexibility index (Phi) is 4.45. The quantitative estimate of drug-likeness (QED) is 0.779. The maximum absolute atomic E-state index is 12.3. The van der Waals surface area contributed by atoms with Gasteiger partial charge in [0.2, 0.25) is 0 Å². The van der Waals surface area contributed by atoms with Gasteiger partial charge in [0, 0.05) is 26.1 Å². The van der Waals surface area contributed by atoms with Crippen molar-refractivity contribution in [2.45, 2.75) is 12.5 Å². The number of hydrogen-bond donors (Lipinski definition) is 1. The molecule has 0 aliphatic heterocycles. The number of alkyl halides is 2. The molecule has 1 aromatic heterocycles. The number of carbonyl (C=O) groups excluding carboxylic acids is 1. The fraction of sp³-hybridized carbons (Fsp3) is 0.308. The molecule has 0 spiro atoms. The number of fused-ring (bicyclic) bond motifs is 1. The summed E-state index contributed by atoms with van der Waals surface area (Å²) < 4.78 is 1.14. The summed E-state index contributed by atoms with van der Waals surface area (Å²) in [5, 5.41) is 7.42. The Morgan fingerprint density at radius 1 is 1.33 bits per heavy atom. The van der Waals surface area contributed by atoms with Crippen LogP contribution in [0, 0.1) is 0 Å². The zero-order valence-electron chi connectivity index (χ0n) is 9.87. The highest BCUT2D eigenvalue weighted by molar-refractivity contribution is 9.09. The van der Waals surface area contributed by atoms with Gasteiger partial charge in [-0.3, -0.25) is 4.79 Å². The van der Waals surface area contributed by atoms with Crippen LogP contribution in [0.4, 0.5) is 0 Å². The van der Waals surface area contributed by atoms with Crippen molar-refractivity contribution in [2.75, 3.05) is 10.7 Å². The van der Waals surface area contributed by atoms with E-state index < -0.39 is 0 Å². The zero-order chi connectivity index (χ0) is 13.2. The Morgan fingerprint density at radius 3 is 2.67 bits per heavy atom. The monoisotopic (exact) mass is 389 g/mol. The Labute approximate surface area is 127 Å². The molecule has 5 heteroatoms. The number of benzene rings is 1. The Morgan fingerprint density at radius 2 is 2.00 bits per heavy atom. The van der Waals surface area contributed by atoms with Gasteiger partial charge in [0.15, 0.2) is 0 Å². The van der Waals surface area contributed by atoms with Crippen molar-refractivity contribution in [3.63, 3.8) is 0 Å². The van der Waals surface area contributed by atoms with E-state index in [1.54, 1.807) is 11.3 Å². The molecule has 0 radical (unpaired) electrons. The van der Waals surface area contributed by atoms with Gasteiger partial charge in [-0.25, -0.2) is 0 Å². The van der Waals surface area contributed by atoms with Crippen molar-refractivity contribution in [3.05, 3.63) is 35.2 Å². The van der Waals surface area contributed by atoms with Gasteiger partial charge in [-0.15, -0.1) is 11.3 Å². The molecule has 0 saturated carbocycles. The predicted octanol–water partition coefficient (Wildman–Crippen LogP) is 4.18. The van der Waals surface area contributed by atoms with Crippen molar-refractivity contribution in [2.24, 2.45) is 0 Å². The van der Waals surface area contributed by atoms with Crippen LogP contribution >= 0.6 is 43.2 Å². The average Bonchev–Trinajstić information content (AvgIpc) is 2.82. The number of amides is 1. The fourth-order valence-corrected chi connectivity index (χ4v) is 3.75. The van der Waals surface area contributed by atoms with E-state index in [2.05, 4.69) is 37.2 Å². The van der Waals surface area contributed by atoms with Crippen molar-refractivity contribution in [1.82, 2.24) is 5.32 Å². The lowest BCUT2D eigenvalue weighted by molar-refractivity contribution is 0.0925. The van der Waals surface area contributed by atoms with E-state index >= 15 is 0 Å². The first-order valence-electron chi connectivity index (χ1n) is 5.50. The highest BCUT2D eigenvalue weighted by Crippen LogP contribution is 2.26. The van der Waals surface area contributed by atoms with Gasteiger partial charge in [0.25, 0.3) is 5.91 Å². The molecular weight excluding hydrogens is 378 g/mol. The Balaban J connectivity index is 2.29. The molecule has 0 fully saturated rings. The van der Waals surface area contributed by atoms with Crippen LogP contribution in [0.2, 0.25) is 0 Å². The molecular formula is C13H13Br2NOS. The summed E-state index contributed by atoms with van der Waals surface area (Å²) in [5.74, 6) is -0.0196. The molecule has 1 N–H and O–H groups in total. The number of carbonyl (C=O) groups is 1. The number of thiophene rings is 1. The Hall–Kier alpha value is -0.390. The van der Waals surface area contributed by atoms with Gasteiger partial charge in [-0.1, -0.05) is 50.1 Å². The maximum Gasteiger partial charge on any atom is 0.253 e. The van der Waals surface area contributed by atoms with Gasteiger partial charge in [-0.05, 0) is 13.0 Å². The first-order valence-corrected chi connectivity index (χ1v) is 8.62. The third-order valence-electron chi connectivity index (χ3n) is 2.73. The standard InChI is InChI=1S/C13H13Br2NOS/c1-13(7-14,8-15)16-12(17)10-6-18-11-5-3-2-4-9(10)11/h2-6H,7-8H2,1H3,(H,16,17). The lowest BCUT2D eigenvalue weighted by atomic mass is 10.1. The van der Waals surface area contributed by atoms with Gasteiger partial charge in [0.1, 0.15) is 0 Å². The summed E-state index contributed by atoms with van der Waals surface area (Å²) in [4.78, 5) is 12.3. The number of rotatable bonds is 4. The number of halogens is 2. The van der Waals surface area contributed by atoms with Crippen LogP contribution in [0.15, 0.2) is 29.6 Å². The van der Waals surface area contributed by atoms with Gasteiger partial charge in [-0.2, -0.15) is 0 Å². The van der Waals surface area contributed by atoms with E-state index in [4.69, 9.17) is 0 Å². The molecule has 0 aliphatic rings. The number of hydrogen-bond acceptors (Lipinski definition) is 2.